The molecule has 0 spiro atoms. The molecule has 0 radical (unpaired) electrons. The number of pyridine rings is 1. The van der Waals surface area contributed by atoms with E-state index < -0.39 is 22.9 Å². The largest absolute Gasteiger partial charge is 0.463 e. The minimum atomic E-state index is -1.78. The Kier molecular flexibility index (Phi) is 8.25. The van der Waals surface area contributed by atoms with Crippen LogP contribution in [0.25, 0.3) is 0 Å². The van der Waals surface area contributed by atoms with Crippen molar-refractivity contribution in [3.8, 4) is 11.5 Å². The van der Waals surface area contributed by atoms with Crippen LogP contribution in [0.4, 0.5) is 17.2 Å². The molecule has 0 fully saturated rings. The molecule has 0 bridgehead atoms. The highest BCUT2D eigenvalue weighted by molar-refractivity contribution is 5.97. The molecule has 1 aliphatic carbocycles. The molecule has 0 saturated heterocycles. The fraction of sp³-hybridized carbons (Fsp3) is 0.434. The zero-order valence-electron chi connectivity index (χ0n) is 39.7. The Morgan fingerprint density at radius 3 is 2.03 bits per heavy atom. The predicted octanol–water partition coefficient (Wildman–Crippen LogP) is 13.8. The number of aliphatic imine (C=N–C) groups is 1. The second-order valence-electron chi connectivity index (χ2n) is 21.1. The number of ether oxygens (including phenoxy) is 2. The Balaban J connectivity index is 1.25. The van der Waals surface area contributed by atoms with Gasteiger partial charge in [-0.2, -0.15) is 0 Å². The van der Waals surface area contributed by atoms with Gasteiger partial charge in [0.05, 0.1) is 11.4 Å². The fourth-order valence-corrected chi connectivity index (χ4v) is 9.55. The molecule has 4 aromatic carbocycles. The van der Waals surface area contributed by atoms with E-state index in [-0.39, 0.29) is 16.2 Å². The van der Waals surface area contributed by atoms with Crippen molar-refractivity contribution in [3.63, 3.8) is 0 Å². The molecule has 0 N–H and O–H groups in total. The van der Waals surface area contributed by atoms with Crippen LogP contribution in [0.1, 0.15) is 147 Å². The highest BCUT2D eigenvalue weighted by Crippen LogP contribution is 2.62. The zero-order valence-corrected chi connectivity index (χ0v) is 37.7. The summed E-state index contributed by atoms with van der Waals surface area (Å²) in [5.41, 5.74) is 10.3. The van der Waals surface area contributed by atoms with Gasteiger partial charge in [0.25, 0.3) is 0 Å². The number of nitrogens with zero attached hydrogens (tertiary/aromatic N) is 3. The summed E-state index contributed by atoms with van der Waals surface area (Å²) in [6.45, 7) is 34.7. The second-order valence-corrected chi connectivity index (χ2v) is 21.1. The van der Waals surface area contributed by atoms with Gasteiger partial charge in [0.15, 0.2) is 5.60 Å². The molecular formula is C53H63N3O2. The van der Waals surface area contributed by atoms with Crippen LogP contribution < -0.4 is 9.64 Å². The van der Waals surface area contributed by atoms with Crippen molar-refractivity contribution < 1.29 is 12.2 Å². The maximum Gasteiger partial charge on any atom is 0.217 e. The molecule has 58 heavy (non-hydrogen) atoms. The molecule has 5 aromatic rings. The fourth-order valence-electron chi connectivity index (χ4n) is 9.55. The van der Waals surface area contributed by atoms with Crippen LogP contribution in [0.3, 0.4) is 0 Å². The number of aryl methyl sites for hydroxylation is 4. The molecule has 3 heterocycles. The average Bonchev–Trinajstić information content (AvgIpc) is 3.53. The van der Waals surface area contributed by atoms with Gasteiger partial charge in [-0.3, -0.25) is 4.90 Å². The third-order valence-corrected chi connectivity index (χ3v) is 12.9. The van der Waals surface area contributed by atoms with E-state index in [0.717, 1.165) is 56.1 Å². The van der Waals surface area contributed by atoms with E-state index in [2.05, 4.69) is 162 Å². The number of rotatable bonds is 4. The summed E-state index contributed by atoms with van der Waals surface area (Å²) >= 11 is 0. The molecule has 5 nitrogen and oxygen atoms in total. The van der Waals surface area contributed by atoms with Crippen molar-refractivity contribution in [3.05, 3.63) is 140 Å². The van der Waals surface area contributed by atoms with E-state index in [1.54, 1.807) is 0 Å². The number of anilines is 3. The number of hydrogen-bond donors (Lipinski definition) is 0. The molecule has 2 aliphatic heterocycles. The molecule has 1 aromatic heterocycles. The van der Waals surface area contributed by atoms with Crippen molar-refractivity contribution >= 4 is 23.1 Å². The van der Waals surface area contributed by atoms with Gasteiger partial charge in [-0.1, -0.05) is 100 Å². The van der Waals surface area contributed by atoms with Crippen molar-refractivity contribution in [2.75, 3.05) is 4.90 Å². The molecule has 5 heteroatoms. The van der Waals surface area contributed by atoms with Gasteiger partial charge >= 0.3 is 0 Å². The first-order chi connectivity index (χ1) is 27.6. The van der Waals surface area contributed by atoms with Crippen molar-refractivity contribution in [2.45, 2.75) is 145 Å². The van der Waals surface area contributed by atoms with Crippen LogP contribution in [0.15, 0.2) is 84.0 Å². The summed E-state index contributed by atoms with van der Waals surface area (Å²) in [6, 6.07) is 26.0. The van der Waals surface area contributed by atoms with Crippen LogP contribution in [0.5, 0.6) is 11.5 Å². The lowest BCUT2D eigenvalue weighted by atomic mass is 9.65. The molecule has 0 unspecified atom stereocenters. The van der Waals surface area contributed by atoms with Crippen molar-refractivity contribution in [1.82, 2.24) is 4.98 Å². The quantitative estimate of drug-likeness (QED) is 0.182. The topological polar surface area (TPSA) is 47.0 Å². The lowest BCUT2D eigenvalue weighted by molar-refractivity contribution is -0.0724. The molecule has 302 valence electrons. The van der Waals surface area contributed by atoms with Gasteiger partial charge in [0, 0.05) is 48.9 Å². The van der Waals surface area contributed by atoms with Crippen LogP contribution in [-0.2, 0) is 33.0 Å². The van der Waals surface area contributed by atoms with E-state index in [0.29, 0.717) is 23.0 Å². The summed E-state index contributed by atoms with van der Waals surface area (Å²) in [5.74, 6) is 2.71. The second kappa shape index (κ2) is 12.8. The molecule has 8 rings (SSSR count). The highest BCUT2D eigenvalue weighted by atomic mass is 16.5. The Hall–Kier alpha value is -4.90. The minimum Gasteiger partial charge on any atom is -0.463 e. The standard InChI is InChI=1S/C53H63N3O2/c1-31-19-39(56-45-18-17-37(48(5,6)7)27-43(45)51(14,15)44-21-32(2)30-54-46(44)56)28-40(20-31)57-41-25-35(24-38(26-41)49(8,9)10)47-55-52(16)29-36-22-33(3)34(4)23-42(36)53(52,58-47)50(11,12)13/h17-28,30H,29H2,1-16H3/t52-,53-/m1/s1/i29D2. The predicted molar refractivity (Wildman–Crippen MR) is 241 cm³/mol. The highest BCUT2D eigenvalue weighted by Gasteiger charge is 2.67. The molecule has 0 amide bonds. The molecule has 0 saturated carbocycles. The lowest BCUT2D eigenvalue weighted by Crippen LogP contribution is -2.52. The summed E-state index contributed by atoms with van der Waals surface area (Å²) in [5, 5.41) is 0. The van der Waals surface area contributed by atoms with Gasteiger partial charge in [-0.05, 0) is 132 Å². The molecule has 3 aliphatic rings. The summed E-state index contributed by atoms with van der Waals surface area (Å²) in [6.07, 6.45) is 0.180. The first kappa shape index (κ1) is 37.4. The monoisotopic (exact) mass is 776 g/mol. The van der Waals surface area contributed by atoms with Gasteiger partial charge in [0.1, 0.15) is 22.9 Å². The Morgan fingerprint density at radius 2 is 1.36 bits per heavy atom. The third kappa shape index (κ3) is 6.18. The number of benzene rings is 4. The average molecular weight is 776 g/mol. The minimum absolute atomic E-state index is 0.00100. The van der Waals surface area contributed by atoms with E-state index in [1.807, 2.05) is 32.2 Å². The van der Waals surface area contributed by atoms with E-state index in [4.69, 9.17) is 19.5 Å². The van der Waals surface area contributed by atoms with Gasteiger partial charge in [0.2, 0.25) is 5.90 Å². The molecule has 2 atom stereocenters. The number of fused-ring (bicyclic) bond motifs is 5. The van der Waals surface area contributed by atoms with Gasteiger partial charge in [-0.15, -0.1) is 0 Å². The maximum atomic E-state index is 9.68. The maximum absolute atomic E-state index is 9.68. The van der Waals surface area contributed by atoms with Crippen molar-refractivity contribution in [2.24, 2.45) is 10.4 Å². The van der Waals surface area contributed by atoms with Gasteiger partial charge in [-0.25, -0.2) is 9.98 Å². The normalized spacial score (nSPS) is 22.2. The smallest absolute Gasteiger partial charge is 0.217 e. The number of aromatic nitrogens is 1. The van der Waals surface area contributed by atoms with Crippen molar-refractivity contribution in [1.29, 1.82) is 0 Å². The van der Waals surface area contributed by atoms with Crippen LogP contribution in [0.2, 0.25) is 0 Å². The van der Waals surface area contributed by atoms with Crippen LogP contribution in [0, 0.1) is 33.1 Å². The first-order valence-corrected chi connectivity index (χ1v) is 20.9. The van der Waals surface area contributed by atoms with E-state index in [1.165, 1.54) is 16.7 Å². The first-order valence-electron chi connectivity index (χ1n) is 21.9. The third-order valence-electron chi connectivity index (χ3n) is 12.9. The number of hydrogen-bond acceptors (Lipinski definition) is 5. The van der Waals surface area contributed by atoms with Gasteiger partial charge < -0.3 is 9.47 Å². The van der Waals surface area contributed by atoms with E-state index in [9.17, 15) is 2.74 Å². The summed E-state index contributed by atoms with van der Waals surface area (Å²) in [7, 11) is 0. The zero-order chi connectivity index (χ0) is 43.9. The Labute approximate surface area is 350 Å². The van der Waals surface area contributed by atoms with Crippen LogP contribution in [-0.4, -0.2) is 16.4 Å². The summed E-state index contributed by atoms with van der Waals surface area (Å²) in [4.78, 5) is 12.7. The Bertz CT molecular complexity index is 2640. The van der Waals surface area contributed by atoms with Crippen LogP contribution >= 0.6 is 0 Å². The SMILES string of the molecule is [2H]C1([2H])c2cc(C)c(C)cc2[C@]2(C(C)(C)C)OC(c3cc(Oc4cc(C)cc(N5c6ccc(C(C)(C)C)cc6C(C)(C)c6cc(C)cnc65)c4)cc(C(C)(C)C)c3)=N[C@]12C. The molecular weight excluding hydrogens is 711 g/mol. The lowest BCUT2D eigenvalue weighted by Gasteiger charge is -2.46. The Morgan fingerprint density at radius 1 is 0.690 bits per heavy atom. The summed E-state index contributed by atoms with van der Waals surface area (Å²) < 4.78 is 33.5. The van der Waals surface area contributed by atoms with E-state index >= 15 is 0 Å².